The Morgan fingerprint density at radius 2 is 1.80 bits per heavy atom. The van der Waals surface area contributed by atoms with Crippen LogP contribution in [0.5, 0.6) is 11.5 Å². The molecular formula is C19H16F2O4. The number of hydrogen-bond donors (Lipinski definition) is 1. The van der Waals surface area contributed by atoms with Gasteiger partial charge in [0.25, 0.3) is 0 Å². The van der Waals surface area contributed by atoms with Crippen molar-refractivity contribution in [1.29, 1.82) is 0 Å². The lowest BCUT2D eigenvalue weighted by Gasteiger charge is -2.06. The van der Waals surface area contributed by atoms with Crippen molar-refractivity contribution in [3.8, 4) is 11.5 Å². The molecule has 4 nitrogen and oxygen atoms in total. The van der Waals surface area contributed by atoms with Gasteiger partial charge in [0.15, 0.2) is 23.1 Å². The van der Waals surface area contributed by atoms with E-state index in [1.165, 1.54) is 56.7 Å². The summed E-state index contributed by atoms with van der Waals surface area (Å²) < 4.78 is 37.3. The van der Waals surface area contributed by atoms with Gasteiger partial charge in [-0.3, -0.25) is 0 Å². The third kappa shape index (κ3) is 4.23. The Labute approximate surface area is 143 Å². The summed E-state index contributed by atoms with van der Waals surface area (Å²) in [6.07, 6.45) is 4.12. The van der Waals surface area contributed by atoms with E-state index in [2.05, 4.69) is 0 Å². The predicted octanol–water partition coefficient (Wildman–Crippen LogP) is 4.16. The van der Waals surface area contributed by atoms with E-state index >= 15 is 0 Å². The molecule has 2 aromatic carbocycles. The van der Waals surface area contributed by atoms with Crippen LogP contribution in [0.25, 0.3) is 11.6 Å². The highest BCUT2D eigenvalue weighted by molar-refractivity contribution is 6.15. The van der Waals surface area contributed by atoms with Gasteiger partial charge in [0.1, 0.15) is 0 Å². The zero-order valence-corrected chi connectivity index (χ0v) is 13.6. The van der Waals surface area contributed by atoms with E-state index < -0.39 is 17.6 Å². The molecule has 0 saturated carbocycles. The molecule has 0 aliphatic carbocycles. The monoisotopic (exact) mass is 346 g/mol. The topological polar surface area (TPSA) is 55.8 Å². The third-order valence-electron chi connectivity index (χ3n) is 3.44. The molecular weight excluding hydrogens is 330 g/mol. The van der Waals surface area contributed by atoms with E-state index in [9.17, 15) is 18.7 Å². The molecule has 0 radical (unpaired) electrons. The summed E-state index contributed by atoms with van der Waals surface area (Å²) >= 11 is 0. The minimum Gasteiger partial charge on any atom is -0.494 e. The van der Waals surface area contributed by atoms with E-state index in [-0.39, 0.29) is 28.2 Å². The average molecular weight is 346 g/mol. The van der Waals surface area contributed by atoms with Crippen LogP contribution >= 0.6 is 0 Å². The SMILES string of the molecule is COc1cc(/C(=C/C=C/c2cccc(OC)c2F)C(=O)O)ccc1F. The van der Waals surface area contributed by atoms with E-state index in [0.29, 0.717) is 0 Å². The van der Waals surface area contributed by atoms with Gasteiger partial charge in [-0.1, -0.05) is 30.4 Å². The van der Waals surface area contributed by atoms with Gasteiger partial charge >= 0.3 is 5.97 Å². The number of carbonyl (C=O) groups is 1. The van der Waals surface area contributed by atoms with Gasteiger partial charge in [-0.25, -0.2) is 13.6 Å². The number of carboxylic acid groups (broad SMARTS) is 1. The second-order valence-electron chi connectivity index (χ2n) is 4.96. The van der Waals surface area contributed by atoms with E-state index in [4.69, 9.17) is 9.47 Å². The Balaban J connectivity index is 2.37. The number of methoxy groups -OCH3 is 2. The number of allylic oxidation sites excluding steroid dienone is 2. The smallest absolute Gasteiger partial charge is 0.336 e. The number of ether oxygens (including phenoxy) is 2. The van der Waals surface area contributed by atoms with Crippen molar-refractivity contribution in [1.82, 2.24) is 0 Å². The first-order valence-corrected chi connectivity index (χ1v) is 7.26. The molecule has 0 aliphatic heterocycles. The third-order valence-corrected chi connectivity index (χ3v) is 3.44. The molecule has 130 valence electrons. The normalized spacial score (nSPS) is 11.6. The number of halogens is 2. The van der Waals surface area contributed by atoms with Crippen LogP contribution in [0.3, 0.4) is 0 Å². The number of hydrogen-bond acceptors (Lipinski definition) is 3. The molecule has 0 bridgehead atoms. The average Bonchev–Trinajstić information content (AvgIpc) is 2.60. The summed E-state index contributed by atoms with van der Waals surface area (Å²) in [6, 6.07) is 8.37. The maximum absolute atomic E-state index is 14.1. The second kappa shape index (κ2) is 8.10. The maximum atomic E-state index is 14.1. The van der Waals surface area contributed by atoms with E-state index in [1.54, 1.807) is 6.07 Å². The molecule has 0 heterocycles. The van der Waals surface area contributed by atoms with Gasteiger partial charge in [-0.05, 0) is 29.8 Å². The molecule has 1 N–H and O–H groups in total. The minimum atomic E-state index is -1.20. The van der Waals surface area contributed by atoms with Crippen LogP contribution in [0.15, 0.2) is 48.6 Å². The molecule has 6 heteroatoms. The van der Waals surface area contributed by atoms with Gasteiger partial charge in [0.2, 0.25) is 0 Å². The summed E-state index contributed by atoms with van der Waals surface area (Å²) in [5, 5.41) is 9.36. The lowest BCUT2D eigenvalue weighted by atomic mass is 10.0. The molecule has 0 saturated heterocycles. The van der Waals surface area contributed by atoms with Crippen molar-refractivity contribution in [2.75, 3.05) is 14.2 Å². The zero-order valence-electron chi connectivity index (χ0n) is 13.6. The fourth-order valence-corrected chi connectivity index (χ4v) is 2.18. The van der Waals surface area contributed by atoms with E-state index in [1.807, 2.05) is 0 Å². The fourth-order valence-electron chi connectivity index (χ4n) is 2.18. The Bertz CT molecular complexity index is 841. The van der Waals surface area contributed by atoms with Crippen LogP contribution in [-0.4, -0.2) is 25.3 Å². The molecule has 25 heavy (non-hydrogen) atoms. The first kappa shape index (κ1) is 18.2. The Hall–Kier alpha value is -3.15. The summed E-state index contributed by atoms with van der Waals surface area (Å²) in [5.74, 6) is -2.32. The predicted molar refractivity (Wildman–Crippen MR) is 90.6 cm³/mol. The molecule has 0 aromatic heterocycles. The highest BCUT2D eigenvalue weighted by Gasteiger charge is 2.12. The molecule has 0 amide bonds. The van der Waals surface area contributed by atoms with Crippen LogP contribution in [0.1, 0.15) is 11.1 Å². The number of aliphatic carboxylic acids is 1. The summed E-state index contributed by atoms with van der Waals surface area (Å²) in [4.78, 5) is 11.5. The van der Waals surface area contributed by atoms with E-state index in [0.717, 1.165) is 6.07 Å². The molecule has 0 aliphatic rings. The molecule has 2 aromatic rings. The minimum absolute atomic E-state index is 0.0625. The van der Waals surface area contributed by atoms with Crippen molar-refractivity contribution in [3.05, 3.63) is 71.3 Å². The van der Waals surface area contributed by atoms with Crippen LogP contribution in [0.2, 0.25) is 0 Å². The summed E-state index contributed by atoms with van der Waals surface area (Å²) in [7, 11) is 2.65. The molecule has 0 unspecified atom stereocenters. The number of rotatable bonds is 6. The van der Waals surface area contributed by atoms with Crippen LogP contribution in [0.4, 0.5) is 8.78 Å². The van der Waals surface area contributed by atoms with Crippen molar-refractivity contribution in [2.24, 2.45) is 0 Å². The maximum Gasteiger partial charge on any atom is 0.336 e. The standard InChI is InChI=1S/C19H16F2O4/c1-24-16-8-4-6-12(18(16)21)5-3-7-14(19(22)23)13-9-10-15(20)17(11-13)25-2/h3-11H,1-2H3,(H,22,23)/b5-3+,14-7-. The summed E-state index contributed by atoms with van der Waals surface area (Å²) in [6.45, 7) is 0. The van der Waals surface area contributed by atoms with Gasteiger partial charge in [0.05, 0.1) is 19.8 Å². The van der Waals surface area contributed by atoms with Gasteiger partial charge < -0.3 is 14.6 Å². The molecule has 0 atom stereocenters. The summed E-state index contributed by atoms with van der Waals surface area (Å²) in [5.41, 5.74) is 0.427. The van der Waals surface area contributed by atoms with Crippen LogP contribution < -0.4 is 9.47 Å². The van der Waals surface area contributed by atoms with Gasteiger partial charge in [-0.15, -0.1) is 0 Å². The highest BCUT2D eigenvalue weighted by atomic mass is 19.1. The second-order valence-corrected chi connectivity index (χ2v) is 4.96. The largest absolute Gasteiger partial charge is 0.494 e. The van der Waals surface area contributed by atoms with Crippen molar-refractivity contribution in [3.63, 3.8) is 0 Å². The van der Waals surface area contributed by atoms with Crippen molar-refractivity contribution >= 4 is 17.6 Å². The van der Waals surface area contributed by atoms with Crippen molar-refractivity contribution in [2.45, 2.75) is 0 Å². The number of carboxylic acids is 1. The van der Waals surface area contributed by atoms with Gasteiger partial charge in [0, 0.05) is 5.56 Å². The highest BCUT2D eigenvalue weighted by Crippen LogP contribution is 2.24. The lowest BCUT2D eigenvalue weighted by Crippen LogP contribution is -2.00. The molecule has 0 spiro atoms. The Kier molecular flexibility index (Phi) is 5.89. The first-order chi connectivity index (χ1) is 12.0. The molecule has 0 fully saturated rings. The first-order valence-electron chi connectivity index (χ1n) is 7.26. The zero-order chi connectivity index (χ0) is 18.4. The fraction of sp³-hybridized carbons (Fsp3) is 0.105. The lowest BCUT2D eigenvalue weighted by molar-refractivity contribution is -0.130. The Morgan fingerprint density at radius 3 is 2.44 bits per heavy atom. The van der Waals surface area contributed by atoms with Crippen molar-refractivity contribution < 1.29 is 28.2 Å². The number of benzene rings is 2. The molecule has 2 rings (SSSR count). The van der Waals surface area contributed by atoms with Crippen LogP contribution in [0, 0.1) is 11.6 Å². The van der Waals surface area contributed by atoms with Crippen LogP contribution in [-0.2, 0) is 4.79 Å². The van der Waals surface area contributed by atoms with Gasteiger partial charge in [-0.2, -0.15) is 0 Å². The Morgan fingerprint density at radius 1 is 1.08 bits per heavy atom. The quantitative estimate of drug-likeness (QED) is 0.630.